The van der Waals surface area contributed by atoms with Crippen molar-refractivity contribution in [2.75, 3.05) is 6.26 Å². The molecule has 0 aliphatic heterocycles. The van der Waals surface area contributed by atoms with Crippen LogP contribution in [-0.4, -0.2) is 23.5 Å². The predicted molar refractivity (Wildman–Crippen MR) is 91.2 cm³/mol. The van der Waals surface area contributed by atoms with E-state index in [1.54, 1.807) is 6.07 Å². The molecule has 0 saturated heterocycles. The molecule has 1 fully saturated rings. The number of rotatable bonds is 3. The van der Waals surface area contributed by atoms with Crippen molar-refractivity contribution in [3.63, 3.8) is 0 Å². The molecule has 19 heavy (non-hydrogen) atoms. The van der Waals surface area contributed by atoms with Crippen LogP contribution in [0.2, 0.25) is 5.02 Å². The molecule has 5 heteroatoms. The third-order valence-electron chi connectivity index (χ3n) is 3.50. The van der Waals surface area contributed by atoms with Crippen LogP contribution in [0.4, 0.5) is 0 Å². The second kappa shape index (κ2) is 7.18. The van der Waals surface area contributed by atoms with E-state index < -0.39 is 0 Å². The van der Waals surface area contributed by atoms with Gasteiger partial charge >= 0.3 is 0 Å². The van der Waals surface area contributed by atoms with E-state index in [-0.39, 0.29) is 11.9 Å². The van der Waals surface area contributed by atoms with Crippen LogP contribution in [0.3, 0.4) is 0 Å². The molecule has 1 N–H and O–H groups in total. The van der Waals surface area contributed by atoms with E-state index in [2.05, 4.69) is 34.2 Å². The highest BCUT2D eigenvalue weighted by Crippen LogP contribution is 2.27. The largest absolute Gasteiger partial charge is 0.348 e. The Morgan fingerprint density at radius 2 is 2.16 bits per heavy atom. The molecule has 1 amide bonds. The van der Waals surface area contributed by atoms with Gasteiger partial charge in [0.05, 0.1) is 5.02 Å². The lowest BCUT2D eigenvalue weighted by Crippen LogP contribution is -2.43. The summed E-state index contributed by atoms with van der Waals surface area (Å²) >= 11 is 10.1. The molecular weight excluding hydrogens is 393 g/mol. The van der Waals surface area contributed by atoms with Gasteiger partial charge < -0.3 is 5.32 Å². The number of halogens is 2. The second-order valence-electron chi connectivity index (χ2n) is 4.77. The number of thioether (sulfide) groups is 1. The van der Waals surface area contributed by atoms with Crippen LogP contribution in [0.15, 0.2) is 18.2 Å². The summed E-state index contributed by atoms with van der Waals surface area (Å²) in [5, 5.41) is 4.34. The maximum absolute atomic E-state index is 12.3. The first-order valence-electron chi connectivity index (χ1n) is 6.40. The van der Waals surface area contributed by atoms with Crippen LogP contribution in [-0.2, 0) is 0 Å². The molecule has 0 heterocycles. The lowest BCUT2D eigenvalue weighted by Gasteiger charge is -2.31. The zero-order chi connectivity index (χ0) is 13.8. The Morgan fingerprint density at radius 1 is 1.42 bits per heavy atom. The number of hydrogen-bond acceptors (Lipinski definition) is 2. The average Bonchev–Trinajstić information content (AvgIpc) is 2.42. The molecule has 1 aliphatic rings. The van der Waals surface area contributed by atoms with Gasteiger partial charge in [-0.05, 0) is 59.9 Å². The number of amides is 1. The summed E-state index contributed by atoms with van der Waals surface area (Å²) in [6, 6.07) is 5.74. The van der Waals surface area contributed by atoms with Crippen LogP contribution in [0.25, 0.3) is 0 Å². The van der Waals surface area contributed by atoms with Crippen molar-refractivity contribution in [1.29, 1.82) is 0 Å². The van der Waals surface area contributed by atoms with E-state index in [1.165, 1.54) is 19.3 Å². The summed E-state index contributed by atoms with van der Waals surface area (Å²) in [6.07, 6.45) is 6.87. The predicted octanol–water partition coefficient (Wildman–Crippen LogP) is 4.35. The van der Waals surface area contributed by atoms with Gasteiger partial charge in [0.15, 0.2) is 0 Å². The SMILES string of the molecule is CSC1CCCCC1NC(=O)c1ccc(I)c(Cl)c1. The van der Waals surface area contributed by atoms with Crippen LogP contribution < -0.4 is 5.32 Å². The zero-order valence-electron chi connectivity index (χ0n) is 10.8. The maximum Gasteiger partial charge on any atom is 0.251 e. The van der Waals surface area contributed by atoms with Gasteiger partial charge in [-0.1, -0.05) is 24.4 Å². The van der Waals surface area contributed by atoms with E-state index in [0.717, 1.165) is 9.99 Å². The van der Waals surface area contributed by atoms with Crippen molar-refractivity contribution in [3.8, 4) is 0 Å². The molecule has 1 aromatic rings. The van der Waals surface area contributed by atoms with E-state index in [4.69, 9.17) is 11.6 Å². The monoisotopic (exact) mass is 409 g/mol. The van der Waals surface area contributed by atoms with Crippen molar-refractivity contribution in [3.05, 3.63) is 32.4 Å². The Bertz CT molecular complexity index is 469. The van der Waals surface area contributed by atoms with E-state index in [0.29, 0.717) is 15.8 Å². The molecule has 0 bridgehead atoms. The van der Waals surface area contributed by atoms with Gasteiger partial charge in [-0.15, -0.1) is 0 Å². The molecular formula is C14H17ClINOS. The molecule has 2 rings (SSSR count). The normalized spacial score (nSPS) is 23.1. The maximum atomic E-state index is 12.3. The van der Waals surface area contributed by atoms with Gasteiger partial charge in [-0.3, -0.25) is 4.79 Å². The molecule has 0 spiro atoms. The van der Waals surface area contributed by atoms with Crippen LogP contribution in [0.1, 0.15) is 36.0 Å². The molecule has 0 aromatic heterocycles. The van der Waals surface area contributed by atoms with E-state index >= 15 is 0 Å². The lowest BCUT2D eigenvalue weighted by atomic mass is 9.94. The highest BCUT2D eigenvalue weighted by Gasteiger charge is 2.26. The Labute approximate surface area is 137 Å². The Kier molecular flexibility index (Phi) is 5.84. The summed E-state index contributed by atoms with van der Waals surface area (Å²) in [5.41, 5.74) is 0.649. The number of carbonyl (C=O) groups is 1. The molecule has 1 saturated carbocycles. The molecule has 1 aromatic carbocycles. The van der Waals surface area contributed by atoms with Gasteiger partial charge in [0, 0.05) is 20.4 Å². The molecule has 0 radical (unpaired) electrons. The van der Waals surface area contributed by atoms with Crippen LogP contribution >= 0.6 is 46.0 Å². The van der Waals surface area contributed by atoms with Crippen LogP contribution in [0.5, 0.6) is 0 Å². The third kappa shape index (κ3) is 4.02. The minimum atomic E-state index is -0.00995. The topological polar surface area (TPSA) is 29.1 Å². The van der Waals surface area contributed by atoms with E-state index in [9.17, 15) is 4.79 Å². The molecule has 2 unspecified atom stereocenters. The molecule has 2 nitrogen and oxygen atoms in total. The Hall–Kier alpha value is 0.0600. The van der Waals surface area contributed by atoms with Crippen molar-refractivity contribution in [2.45, 2.75) is 37.0 Å². The van der Waals surface area contributed by atoms with Crippen molar-refractivity contribution in [1.82, 2.24) is 5.32 Å². The zero-order valence-corrected chi connectivity index (χ0v) is 14.5. The highest BCUT2D eigenvalue weighted by atomic mass is 127. The second-order valence-corrected chi connectivity index (χ2v) is 7.41. The van der Waals surface area contributed by atoms with Crippen molar-refractivity contribution >= 4 is 51.9 Å². The molecule has 1 aliphatic carbocycles. The smallest absolute Gasteiger partial charge is 0.251 e. The van der Waals surface area contributed by atoms with Gasteiger partial charge in [0.25, 0.3) is 5.91 Å². The van der Waals surface area contributed by atoms with Gasteiger partial charge in [0.1, 0.15) is 0 Å². The number of carbonyl (C=O) groups excluding carboxylic acids is 1. The van der Waals surface area contributed by atoms with Gasteiger partial charge in [-0.2, -0.15) is 11.8 Å². The first-order valence-corrected chi connectivity index (χ1v) is 9.15. The van der Waals surface area contributed by atoms with Crippen molar-refractivity contribution < 1.29 is 4.79 Å². The number of hydrogen-bond donors (Lipinski definition) is 1. The Morgan fingerprint density at radius 3 is 2.84 bits per heavy atom. The first-order chi connectivity index (χ1) is 9.11. The first kappa shape index (κ1) is 15.4. The number of benzene rings is 1. The fourth-order valence-electron chi connectivity index (χ4n) is 2.43. The summed E-state index contributed by atoms with van der Waals surface area (Å²) < 4.78 is 0.968. The summed E-state index contributed by atoms with van der Waals surface area (Å²) in [6.45, 7) is 0. The fraction of sp³-hybridized carbons (Fsp3) is 0.500. The molecule has 104 valence electrons. The molecule has 2 atom stereocenters. The Balaban J connectivity index is 2.05. The average molecular weight is 410 g/mol. The number of nitrogens with one attached hydrogen (secondary N) is 1. The van der Waals surface area contributed by atoms with Gasteiger partial charge in [0.2, 0.25) is 0 Å². The van der Waals surface area contributed by atoms with Crippen LogP contribution in [0, 0.1) is 3.57 Å². The highest BCUT2D eigenvalue weighted by molar-refractivity contribution is 14.1. The summed E-state index contributed by atoms with van der Waals surface area (Å²) in [7, 11) is 0. The van der Waals surface area contributed by atoms with Crippen molar-refractivity contribution in [2.24, 2.45) is 0 Å². The lowest BCUT2D eigenvalue weighted by molar-refractivity contribution is 0.0929. The standard InChI is InChI=1S/C14H17ClINOS/c1-19-13-5-3-2-4-12(13)17-14(18)9-6-7-11(16)10(15)8-9/h6-8,12-13H,2-5H2,1H3,(H,17,18). The minimum Gasteiger partial charge on any atom is -0.348 e. The minimum absolute atomic E-state index is 0.00995. The van der Waals surface area contributed by atoms with Gasteiger partial charge in [-0.25, -0.2) is 0 Å². The summed E-state index contributed by atoms with van der Waals surface area (Å²) in [4.78, 5) is 12.3. The third-order valence-corrected chi connectivity index (χ3v) is 6.25. The quantitative estimate of drug-likeness (QED) is 0.752. The summed E-state index contributed by atoms with van der Waals surface area (Å²) in [5.74, 6) is -0.00995. The fourth-order valence-corrected chi connectivity index (χ4v) is 3.88. The van der Waals surface area contributed by atoms with E-state index in [1.807, 2.05) is 23.9 Å².